The van der Waals surface area contributed by atoms with E-state index in [1.807, 2.05) is 35.6 Å². The van der Waals surface area contributed by atoms with Gasteiger partial charge in [0.2, 0.25) is 0 Å². The number of hydrogen-bond donors (Lipinski definition) is 0. The molecule has 0 saturated carbocycles. The first-order valence-electron chi connectivity index (χ1n) is 2.88. The van der Waals surface area contributed by atoms with E-state index < -0.39 is 0 Å². The lowest BCUT2D eigenvalue weighted by molar-refractivity contribution is 1.15. The molecular weight excluding hydrogens is 274 g/mol. The first kappa shape index (κ1) is 8.75. The molecule has 4 heteroatoms. The molecule has 1 heterocycles. The molecule has 0 aliphatic heterocycles. The van der Waals surface area contributed by atoms with Crippen molar-refractivity contribution in [3.63, 3.8) is 0 Å². The Balaban J connectivity index is 3.35. The molecule has 1 aromatic heterocycles. The first-order valence-corrected chi connectivity index (χ1v) is 4.33. The summed E-state index contributed by atoms with van der Waals surface area (Å²) in [5.74, 6) is 0. The molecule has 0 radical (unpaired) electrons. The van der Waals surface area contributed by atoms with Gasteiger partial charge in [0.1, 0.15) is 9.77 Å². The Bertz CT molecular complexity index is 330. The monoisotopic (exact) mass is 278 g/mol. The van der Waals surface area contributed by atoms with Crippen LogP contribution in [0.3, 0.4) is 0 Å². The summed E-state index contributed by atoms with van der Waals surface area (Å²) in [5.41, 5.74) is 1.29. The number of nitrogens with zero attached hydrogens (tertiary/aromatic N) is 2. The molecule has 0 amide bonds. The Morgan fingerprint density at radius 2 is 2.36 bits per heavy atom. The summed E-state index contributed by atoms with van der Waals surface area (Å²) in [6, 6.07) is 3.64. The third kappa shape index (κ3) is 1.82. The number of hydrogen-bond acceptors (Lipinski definition) is 2. The van der Waals surface area contributed by atoms with Gasteiger partial charge in [-0.2, -0.15) is 5.26 Å². The van der Waals surface area contributed by atoms with E-state index >= 15 is 0 Å². The van der Waals surface area contributed by atoms with E-state index in [-0.39, 0.29) is 0 Å². The molecule has 0 bridgehead atoms. The van der Waals surface area contributed by atoms with Crippen LogP contribution in [0.2, 0.25) is 5.02 Å². The molecule has 0 aromatic carbocycles. The molecule has 1 rings (SSSR count). The van der Waals surface area contributed by atoms with Crippen molar-refractivity contribution in [2.45, 2.75) is 6.92 Å². The maximum absolute atomic E-state index is 8.58. The first-order chi connectivity index (χ1) is 5.15. The van der Waals surface area contributed by atoms with Gasteiger partial charge >= 0.3 is 0 Å². The maximum Gasteiger partial charge on any atom is 0.119 e. The summed E-state index contributed by atoms with van der Waals surface area (Å²) >= 11 is 7.76. The van der Waals surface area contributed by atoms with E-state index in [1.165, 1.54) is 0 Å². The lowest BCUT2D eigenvalue weighted by Crippen LogP contribution is -1.90. The van der Waals surface area contributed by atoms with E-state index in [0.717, 1.165) is 5.69 Å². The standard InChI is InChI=1S/C7H4ClIN2/c1-4-6(8)2-5(3-10)7(9)11-4/h2H,1H3. The Hall–Kier alpha value is -0.340. The zero-order valence-electron chi connectivity index (χ0n) is 5.73. The number of halogens is 2. The topological polar surface area (TPSA) is 36.7 Å². The second-order valence-corrected chi connectivity index (χ2v) is 3.43. The number of nitriles is 1. The normalized spacial score (nSPS) is 9.27. The summed E-state index contributed by atoms with van der Waals surface area (Å²) in [6.07, 6.45) is 0. The molecule has 0 N–H and O–H groups in total. The quantitative estimate of drug-likeness (QED) is 0.540. The van der Waals surface area contributed by atoms with Gasteiger partial charge in [0.05, 0.1) is 16.3 Å². The fourth-order valence-electron chi connectivity index (χ4n) is 0.630. The van der Waals surface area contributed by atoms with Crippen LogP contribution in [0.4, 0.5) is 0 Å². The van der Waals surface area contributed by atoms with Crippen molar-refractivity contribution in [2.24, 2.45) is 0 Å². The number of pyridine rings is 1. The number of rotatable bonds is 0. The summed E-state index contributed by atoms with van der Waals surface area (Å²) in [4.78, 5) is 4.08. The Labute approximate surface area is 83.3 Å². The van der Waals surface area contributed by atoms with Gasteiger partial charge < -0.3 is 0 Å². The highest BCUT2D eigenvalue weighted by Gasteiger charge is 2.03. The molecule has 2 nitrogen and oxygen atoms in total. The van der Waals surface area contributed by atoms with Gasteiger partial charge in [-0.15, -0.1) is 0 Å². The van der Waals surface area contributed by atoms with Gasteiger partial charge in [-0.3, -0.25) is 0 Å². The lowest BCUT2D eigenvalue weighted by atomic mass is 10.3. The molecule has 1 aromatic rings. The zero-order chi connectivity index (χ0) is 8.43. The molecule has 11 heavy (non-hydrogen) atoms. The molecule has 0 fully saturated rings. The van der Waals surface area contributed by atoms with Gasteiger partial charge in [0.25, 0.3) is 0 Å². The molecule has 0 unspecified atom stereocenters. The van der Waals surface area contributed by atoms with E-state index in [0.29, 0.717) is 14.3 Å². The van der Waals surface area contributed by atoms with Crippen LogP contribution in [0.5, 0.6) is 0 Å². The molecular formula is C7H4ClIN2. The van der Waals surface area contributed by atoms with Crippen molar-refractivity contribution in [1.29, 1.82) is 5.26 Å². The highest BCUT2D eigenvalue weighted by molar-refractivity contribution is 14.1. The molecule has 0 aliphatic rings. The van der Waals surface area contributed by atoms with Gasteiger partial charge in [-0.1, -0.05) is 11.6 Å². The largest absolute Gasteiger partial charge is 0.244 e. The zero-order valence-corrected chi connectivity index (χ0v) is 8.64. The highest BCUT2D eigenvalue weighted by Crippen LogP contribution is 2.17. The van der Waals surface area contributed by atoms with Crippen molar-refractivity contribution in [1.82, 2.24) is 4.98 Å². The van der Waals surface area contributed by atoms with E-state index in [1.54, 1.807) is 6.07 Å². The summed E-state index contributed by atoms with van der Waals surface area (Å²) < 4.78 is 0.701. The fourth-order valence-corrected chi connectivity index (χ4v) is 1.42. The van der Waals surface area contributed by atoms with Crippen LogP contribution >= 0.6 is 34.2 Å². The summed E-state index contributed by atoms with van der Waals surface area (Å²) in [5, 5.41) is 9.12. The van der Waals surface area contributed by atoms with Crippen molar-refractivity contribution in [2.75, 3.05) is 0 Å². The lowest BCUT2D eigenvalue weighted by Gasteiger charge is -1.98. The van der Waals surface area contributed by atoms with Crippen molar-refractivity contribution in [3.05, 3.63) is 26.0 Å². The molecule has 0 atom stereocenters. The summed E-state index contributed by atoms with van der Waals surface area (Å²) in [6.45, 7) is 1.81. The van der Waals surface area contributed by atoms with E-state index in [9.17, 15) is 0 Å². The van der Waals surface area contributed by atoms with Crippen LogP contribution in [0.15, 0.2) is 6.07 Å². The highest BCUT2D eigenvalue weighted by atomic mass is 127. The predicted octanol–water partition coefficient (Wildman–Crippen LogP) is 2.52. The van der Waals surface area contributed by atoms with Crippen LogP contribution in [-0.2, 0) is 0 Å². The van der Waals surface area contributed by atoms with Crippen LogP contribution in [0.25, 0.3) is 0 Å². The molecule has 0 aliphatic carbocycles. The predicted molar refractivity (Wildman–Crippen MR) is 51.4 cm³/mol. The number of aromatic nitrogens is 1. The van der Waals surface area contributed by atoms with Gasteiger partial charge in [-0.05, 0) is 35.6 Å². The third-order valence-electron chi connectivity index (χ3n) is 1.23. The minimum Gasteiger partial charge on any atom is -0.244 e. The molecule has 56 valence electrons. The minimum atomic E-state index is 0.529. The van der Waals surface area contributed by atoms with E-state index in [4.69, 9.17) is 16.9 Å². The average molecular weight is 278 g/mol. The second kappa shape index (κ2) is 3.37. The Kier molecular flexibility index (Phi) is 2.68. The average Bonchev–Trinajstić information content (AvgIpc) is 1.97. The van der Waals surface area contributed by atoms with Gasteiger partial charge in [0, 0.05) is 0 Å². The van der Waals surface area contributed by atoms with Crippen molar-refractivity contribution >= 4 is 34.2 Å². The van der Waals surface area contributed by atoms with Gasteiger partial charge in [-0.25, -0.2) is 4.98 Å². The maximum atomic E-state index is 8.58. The Morgan fingerprint density at radius 3 is 2.91 bits per heavy atom. The molecule has 0 spiro atoms. The SMILES string of the molecule is Cc1nc(I)c(C#N)cc1Cl. The smallest absolute Gasteiger partial charge is 0.119 e. The van der Waals surface area contributed by atoms with Crippen LogP contribution in [-0.4, -0.2) is 4.98 Å². The second-order valence-electron chi connectivity index (χ2n) is 2.01. The van der Waals surface area contributed by atoms with Crippen LogP contribution < -0.4 is 0 Å². The van der Waals surface area contributed by atoms with Crippen molar-refractivity contribution < 1.29 is 0 Å². The third-order valence-corrected chi connectivity index (χ3v) is 2.43. The summed E-state index contributed by atoms with van der Waals surface area (Å²) in [7, 11) is 0. The van der Waals surface area contributed by atoms with Crippen molar-refractivity contribution in [3.8, 4) is 6.07 Å². The van der Waals surface area contributed by atoms with Crippen LogP contribution in [0.1, 0.15) is 11.3 Å². The van der Waals surface area contributed by atoms with Gasteiger partial charge in [0.15, 0.2) is 0 Å². The van der Waals surface area contributed by atoms with E-state index in [2.05, 4.69) is 4.98 Å². The molecule has 0 saturated heterocycles. The Morgan fingerprint density at radius 1 is 1.73 bits per heavy atom. The van der Waals surface area contributed by atoms with Crippen LogP contribution in [0, 0.1) is 22.0 Å². The minimum absolute atomic E-state index is 0.529. The fraction of sp³-hybridized carbons (Fsp3) is 0.143. The number of aryl methyl sites for hydroxylation is 1.